The van der Waals surface area contributed by atoms with Gasteiger partial charge in [-0.2, -0.15) is 0 Å². The second-order valence-electron chi connectivity index (χ2n) is 7.60. The summed E-state index contributed by atoms with van der Waals surface area (Å²) in [6.07, 6.45) is 6.67. The van der Waals surface area contributed by atoms with Crippen LogP contribution in [0.4, 0.5) is 23.1 Å². The summed E-state index contributed by atoms with van der Waals surface area (Å²) in [5.41, 5.74) is 4.34. The number of hydrogen-bond donors (Lipinski definition) is 1. The molecule has 2 aromatic heterocycles. The van der Waals surface area contributed by atoms with Crippen molar-refractivity contribution in [1.82, 2.24) is 15.0 Å². The number of benzene rings is 1. The minimum atomic E-state index is -3.83. The Hall–Kier alpha value is -3.46. The maximum absolute atomic E-state index is 13.2. The Morgan fingerprint density at radius 2 is 2.13 bits per heavy atom. The van der Waals surface area contributed by atoms with Crippen LogP contribution in [-0.4, -0.2) is 43.5 Å². The van der Waals surface area contributed by atoms with Crippen LogP contribution in [0.2, 0.25) is 0 Å². The van der Waals surface area contributed by atoms with Crippen molar-refractivity contribution in [3.8, 4) is 11.3 Å². The summed E-state index contributed by atoms with van der Waals surface area (Å²) < 4.78 is 27.5. The Labute approximate surface area is 181 Å². The van der Waals surface area contributed by atoms with Crippen molar-refractivity contribution < 1.29 is 8.42 Å². The smallest absolute Gasteiger partial charge is 0.269 e. The molecule has 158 valence electrons. The molecule has 9 heteroatoms. The highest BCUT2D eigenvalue weighted by molar-refractivity contribution is 7.93. The zero-order valence-corrected chi connectivity index (χ0v) is 17.9. The summed E-state index contributed by atoms with van der Waals surface area (Å²) >= 11 is 0. The van der Waals surface area contributed by atoms with E-state index < -0.39 is 10.0 Å². The van der Waals surface area contributed by atoms with E-state index in [4.69, 9.17) is 0 Å². The Bertz CT molecular complexity index is 1290. The van der Waals surface area contributed by atoms with E-state index in [1.54, 1.807) is 12.3 Å². The van der Waals surface area contributed by atoms with Crippen molar-refractivity contribution in [2.24, 2.45) is 0 Å². The molecule has 0 bridgehead atoms. The number of fused-ring (bicyclic) bond motifs is 4. The first-order valence-corrected chi connectivity index (χ1v) is 11.5. The molecular weight excluding hydrogens is 412 g/mol. The molecule has 0 amide bonds. The summed E-state index contributed by atoms with van der Waals surface area (Å²) in [7, 11) is -1.74. The van der Waals surface area contributed by atoms with E-state index in [0.29, 0.717) is 23.0 Å². The van der Waals surface area contributed by atoms with E-state index >= 15 is 0 Å². The molecule has 0 aliphatic carbocycles. The number of hydrogen-bond acceptors (Lipinski definition) is 7. The van der Waals surface area contributed by atoms with Crippen LogP contribution in [0.25, 0.3) is 11.3 Å². The molecule has 2 aliphatic rings. The van der Waals surface area contributed by atoms with Crippen molar-refractivity contribution >= 4 is 33.2 Å². The molecule has 0 fully saturated rings. The summed E-state index contributed by atoms with van der Waals surface area (Å²) in [4.78, 5) is 15.5. The van der Waals surface area contributed by atoms with E-state index in [-0.39, 0.29) is 11.4 Å². The van der Waals surface area contributed by atoms with Crippen LogP contribution in [0, 0.1) is 0 Å². The van der Waals surface area contributed by atoms with Crippen molar-refractivity contribution in [1.29, 1.82) is 0 Å². The van der Waals surface area contributed by atoms with Crippen LogP contribution in [0.1, 0.15) is 12.0 Å². The number of rotatable bonds is 4. The summed E-state index contributed by atoms with van der Waals surface area (Å²) in [6, 6.07) is 9.77. The molecule has 5 rings (SSSR count). The van der Waals surface area contributed by atoms with Crippen LogP contribution in [0.3, 0.4) is 0 Å². The number of sulfonamides is 1. The topological polar surface area (TPSA) is 91.3 Å². The molecule has 2 aliphatic heterocycles. The molecular formula is C22H22N6O2S. The molecule has 0 spiro atoms. The van der Waals surface area contributed by atoms with Gasteiger partial charge in [-0.15, -0.1) is 6.58 Å². The number of nitrogens with zero attached hydrogens (tertiary/aromatic N) is 5. The SMILES string of the molecule is C=CCN1c2ncccc2-c2nc(Nc3ccc4c(c3)N(C)CCC4)ncc2S1(=O)=O. The summed E-state index contributed by atoms with van der Waals surface area (Å²) in [6.45, 7) is 4.81. The van der Waals surface area contributed by atoms with Gasteiger partial charge >= 0.3 is 0 Å². The van der Waals surface area contributed by atoms with Gasteiger partial charge in [0.25, 0.3) is 10.0 Å². The van der Waals surface area contributed by atoms with Gasteiger partial charge in [0.05, 0.1) is 12.7 Å². The third-order valence-corrected chi connectivity index (χ3v) is 7.35. The number of aromatic nitrogens is 3. The van der Waals surface area contributed by atoms with Gasteiger partial charge in [0.2, 0.25) is 5.95 Å². The summed E-state index contributed by atoms with van der Waals surface area (Å²) in [5.74, 6) is 0.675. The van der Waals surface area contributed by atoms with E-state index in [9.17, 15) is 8.42 Å². The normalized spacial score (nSPS) is 16.2. The first kappa shape index (κ1) is 19.5. The molecule has 3 aromatic rings. The number of pyridine rings is 1. The van der Waals surface area contributed by atoms with E-state index in [0.717, 1.165) is 25.1 Å². The lowest BCUT2D eigenvalue weighted by atomic mass is 10.0. The second kappa shape index (κ2) is 7.35. The molecule has 4 heterocycles. The fraction of sp³-hybridized carbons (Fsp3) is 0.227. The van der Waals surface area contributed by atoms with Crippen LogP contribution >= 0.6 is 0 Å². The maximum Gasteiger partial charge on any atom is 0.269 e. The highest BCUT2D eigenvalue weighted by atomic mass is 32.2. The highest BCUT2D eigenvalue weighted by Gasteiger charge is 2.37. The predicted molar refractivity (Wildman–Crippen MR) is 121 cm³/mol. The zero-order chi connectivity index (χ0) is 21.6. The lowest BCUT2D eigenvalue weighted by Gasteiger charge is -2.29. The van der Waals surface area contributed by atoms with Gasteiger partial charge in [0, 0.05) is 36.7 Å². The average Bonchev–Trinajstić information content (AvgIpc) is 2.77. The number of aryl methyl sites for hydroxylation is 1. The Morgan fingerprint density at radius 3 is 2.97 bits per heavy atom. The quantitative estimate of drug-likeness (QED) is 0.630. The van der Waals surface area contributed by atoms with E-state index in [1.807, 2.05) is 12.1 Å². The van der Waals surface area contributed by atoms with Gasteiger partial charge in [-0.05, 0) is 42.7 Å². The fourth-order valence-electron chi connectivity index (χ4n) is 4.09. The molecule has 1 aromatic carbocycles. The monoisotopic (exact) mass is 434 g/mol. The van der Waals surface area contributed by atoms with Crippen molar-refractivity contribution in [3.63, 3.8) is 0 Å². The first-order chi connectivity index (χ1) is 15.0. The third-order valence-electron chi connectivity index (χ3n) is 5.59. The van der Waals surface area contributed by atoms with Crippen LogP contribution in [0.15, 0.2) is 60.3 Å². The number of nitrogens with one attached hydrogen (secondary N) is 1. The zero-order valence-electron chi connectivity index (χ0n) is 17.1. The molecule has 31 heavy (non-hydrogen) atoms. The third kappa shape index (κ3) is 3.21. The van der Waals surface area contributed by atoms with Crippen molar-refractivity contribution in [2.45, 2.75) is 17.7 Å². The fourth-order valence-corrected chi connectivity index (χ4v) is 5.59. The van der Waals surface area contributed by atoms with Gasteiger partial charge in [0.1, 0.15) is 10.6 Å². The van der Waals surface area contributed by atoms with Gasteiger partial charge in [0.15, 0.2) is 5.82 Å². The second-order valence-corrected chi connectivity index (χ2v) is 9.43. The van der Waals surface area contributed by atoms with Gasteiger partial charge in [-0.1, -0.05) is 12.1 Å². The van der Waals surface area contributed by atoms with Crippen molar-refractivity contribution in [3.05, 3.63) is 60.9 Å². The van der Waals surface area contributed by atoms with Crippen LogP contribution in [0.5, 0.6) is 0 Å². The highest BCUT2D eigenvalue weighted by Crippen LogP contribution is 2.40. The van der Waals surface area contributed by atoms with Gasteiger partial charge in [-0.3, -0.25) is 0 Å². The standard InChI is InChI=1S/C22H22N6O2S/c1-3-11-28-21-17(7-4-10-23-21)20-19(31(28,29)30)14-24-22(26-20)25-16-9-8-15-6-5-12-27(2)18(15)13-16/h3-4,7-10,13-14H,1,5-6,11-12H2,2H3,(H,24,25,26). The predicted octanol–water partition coefficient (Wildman–Crippen LogP) is 3.36. The van der Waals surface area contributed by atoms with Crippen LogP contribution < -0.4 is 14.5 Å². The molecule has 0 saturated carbocycles. The lowest BCUT2D eigenvalue weighted by Crippen LogP contribution is -2.35. The minimum absolute atomic E-state index is 0.0607. The Kier molecular flexibility index (Phi) is 4.62. The molecule has 0 radical (unpaired) electrons. The van der Waals surface area contributed by atoms with Gasteiger partial charge < -0.3 is 10.2 Å². The number of anilines is 4. The van der Waals surface area contributed by atoms with E-state index in [1.165, 1.54) is 27.8 Å². The molecule has 1 N–H and O–H groups in total. The summed E-state index contributed by atoms with van der Waals surface area (Å²) in [5, 5.41) is 3.23. The lowest BCUT2D eigenvalue weighted by molar-refractivity contribution is 0.590. The van der Waals surface area contributed by atoms with Gasteiger partial charge in [-0.25, -0.2) is 27.7 Å². The van der Waals surface area contributed by atoms with Crippen molar-refractivity contribution in [2.75, 3.05) is 34.7 Å². The Morgan fingerprint density at radius 1 is 1.26 bits per heavy atom. The largest absolute Gasteiger partial charge is 0.374 e. The average molecular weight is 435 g/mol. The molecule has 8 nitrogen and oxygen atoms in total. The minimum Gasteiger partial charge on any atom is -0.374 e. The van der Waals surface area contributed by atoms with Crippen LogP contribution in [-0.2, 0) is 16.4 Å². The maximum atomic E-state index is 13.2. The molecule has 0 saturated heterocycles. The first-order valence-electron chi connectivity index (χ1n) is 10.1. The van der Waals surface area contributed by atoms with E-state index in [2.05, 4.69) is 50.9 Å². The molecule has 0 unspecified atom stereocenters. The Balaban J connectivity index is 1.56. The molecule has 0 atom stereocenters.